The fourth-order valence-corrected chi connectivity index (χ4v) is 1.22. The Hall–Kier alpha value is -0.790. The number of rotatable bonds is 3. The standard InChI is InChI=1S/C11H19NO/c1-6-10(2,3)7-9-12-8-11(4,5)13-9/h6H,1,7-8H2,2-5H3. The predicted octanol–water partition coefficient (Wildman–Crippen LogP) is 2.80. The van der Waals surface area contributed by atoms with E-state index in [1.165, 1.54) is 0 Å². The third kappa shape index (κ3) is 2.87. The summed E-state index contributed by atoms with van der Waals surface area (Å²) < 4.78 is 5.69. The SMILES string of the molecule is C=CC(C)(C)CC1=NCC(C)(C)O1. The van der Waals surface area contributed by atoms with E-state index in [-0.39, 0.29) is 11.0 Å². The zero-order chi connectivity index (χ0) is 10.1. The van der Waals surface area contributed by atoms with Crippen molar-refractivity contribution >= 4 is 5.90 Å². The molecular weight excluding hydrogens is 162 g/mol. The Bertz CT molecular complexity index is 238. The molecule has 0 aromatic rings. The molecule has 0 radical (unpaired) electrons. The Morgan fingerprint density at radius 2 is 2.23 bits per heavy atom. The molecule has 2 heteroatoms. The van der Waals surface area contributed by atoms with Crippen LogP contribution in [0.1, 0.15) is 34.1 Å². The van der Waals surface area contributed by atoms with E-state index in [2.05, 4.69) is 39.3 Å². The van der Waals surface area contributed by atoms with Crippen LogP contribution < -0.4 is 0 Å². The molecule has 0 spiro atoms. The number of hydrogen-bond donors (Lipinski definition) is 0. The molecule has 2 nitrogen and oxygen atoms in total. The maximum absolute atomic E-state index is 5.69. The largest absolute Gasteiger partial charge is 0.473 e. The molecule has 74 valence electrons. The number of ether oxygens (including phenoxy) is 1. The van der Waals surface area contributed by atoms with Crippen LogP contribution >= 0.6 is 0 Å². The van der Waals surface area contributed by atoms with Crippen molar-refractivity contribution in [2.45, 2.75) is 39.7 Å². The van der Waals surface area contributed by atoms with Crippen LogP contribution in [-0.2, 0) is 4.74 Å². The minimum atomic E-state index is -0.105. The van der Waals surface area contributed by atoms with Crippen molar-refractivity contribution in [3.05, 3.63) is 12.7 Å². The summed E-state index contributed by atoms with van der Waals surface area (Å²) in [5.74, 6) is 0.870. The lowest BCUT2D eigenvalue weighted by molar-refractivity contribution is 0.123. The highest BCUT2D eigenvalue weighted by Gasteiger charge is 2.30. The zero-order valence-electron chi connectivity index (χ0n) is 9.05. The number of aliphatic imine (C=N–C) groups is 1. The van der Waals surface area contributed by atoms with Gasteiger partial charge in [-0.25, -0.2) is 0 Å². The van der Waals surface area contributed by atoms with Crippen molar-refractivity contribution in [3.8, 4) is 0 Å². The molecule has 13 heavy (non-hydrogen) atoms. The number of hydrogen-bond acceptors (Lipinski definition) is 2. The van der Waals surface area contributed by atoms with E-state index in [0.717, 1.165) is 18.9 Å². The van der Waals surface area contributed by atoms with Gasteiger partial charge in [-0.05, 0) is 19.3 Å². The molecule has 0 fully saturated rings. The molecule has 0 saturated heterocycles. The first-order valence-corrected chi connectivity index (χ1v) is 4.71. The van der Waals surface area contributed by atoms with Crippen molar-refractivity contribution < 1.29 is 4.74 Å². The lowest BCUT2D eigenvalue weighted by Gasteiger charge is -2.22. The van der Waals surface area contributed by atoms with Gasteiger partial charge in [0, 0.05) is 6.42 Å². The van der Waals surface area contributed by atoms with Gasteiger partial charge in [-0.1, -0.05) is 19.9 Å². The Balaban J connectivity index is 2.54. The van der Waals surface area contributed by atoms with Crippen molar-refractivity contribution in [2.75, 3.05) is 6.54 Å². The summed E-state index contributed by atoms with van der Waals surface area (Å²) in [5, 5.41) is 0. The van der Waals surface area contributed by atoms with Crippen molar-refractivity contribution in [1.82, 2.24) is 0 Å². The Labute approximate surface area is 80.7 Å². The van der Waals surface area contributed by atoms with Gasteiger partial charge in [-0.15, -0.1) is 6.58 Å². The molecule has 0 N–H and O–H groups in total. The van der Waals surface area contributed by atoms with Gasteiger partial charge < -0.3 is 4.74 Å². The Morgan fingerprint density at radius 1 is 1.62 bits per heavy atom. The molecule has 0 aromatic heterocycles. The lowest BCUT2D eigenvalue weighted by Crippen LogP contribution is -2.25. The topological polar surface area (TPSA) is 21.6 Å². The molecule has 0 bridgehead atoms. The second kappa shape index (κ2) is 3.17. The van der Waals surface area contributed by atoms with E-state index in [1.807, 2.05) is 6.08 Å². The van der Waals surface area contributed by atoms with E-state index in [9.17, 15) is 0 Å². The molecule has 1 rings (SSSR count). The summed E-state index contributed by atoms with van der Waals surface area (Å²) in [6.07, 6.45) is 2.80. The third-order valence-electron chi connectivity index (χ3n) is 2.19. The Kier molecular flexibility index (Phi) is 2.51. The minimum Gasteiger partial charge on any atom is -0.473 e. The smallest absolute Gasteiger partial charge is 0.184 e. The monoisotopic (exact) mass is 181 g/mol. The fourth-order valence-electron chi connectivity index (χ4n) is 1.22. The fraction of sp³-hybridized carbons (Fsp3) is 0.727. The summed E-state index contributed by atoms with van der Waals surface area (Å²) in [6.45, 7) is 13.0. The average Bonchev–Trinajstić information content (AvgIpc) is 2.29. The van der Waals surface area contributed by atoms with Gasteiger partial charge in [0.05, 0.1) is 6.54 Å². The molecule has 0 unspecified atom stereocenters. The van der Waals surface area contributed by atoms with E-state index in [0.29, 0.717) is 0 Å². The molecule has 1 aliphatic rings. The number of nitrogens with zero attached hydrogens (tertiary/aromatic N) is 1. The maximum atomic E-state index is 5.69. The van der Waals surface area contributed by atoms with Crippen LogP contribution in [0.3, 0.4) is 0 Å². The quantitative estimate of drug-likeness (QED) is 0.613. The van der Waals surface area contributed by atoms with Crippen molar-refractivity contribution in [1.29, 1.82) is 0 Å². The first-order valence-electron chi connectivity index (χ1n) is 4.71. The van der Waals surface area contributed by atoms with E-state index >= 15 is 0 Å². The highest BCUT2D eigenvalue weighted by molar-refractivity contribution is 5.79. The van der Waals surface area contributed by atoms with Gasteiger partial charge in [-0.2, -0.15) is 0 Å². The van der Waals surface area contributed by atoms with Gasteiger partial charge >= 0.3 is 0 Å². The van der Waals surface area contributed by atoms with Crippen LogP contribution in [-0.4, -0.2) is 18.0 Å². The zero-order valence-corrected chi connectivity index (χ0v) is 9.05. The second-order valence-electron chi connectivity index (χ2n) is 4.94. The Morgan fingerprint density at radius 3 is 2.62 bits per heavy atom. The van der Waals surface area contributed by atoms with Crippen LogP contribution in [0.5, 0.6) is 0 Å². The second-order valence-corrected chi connectivity index (χ2v) is 4.94. The van der Waals surface area contributed by atoms with Crippen LogP contribution in [0.2, 0.25) is 0 Å². The highest BCUT2D eigenvalue weighted by atomic mass is 16.5. The molecule has 0 atom stereocenters. The highest BCUT2D eigenvalue weighted by Crippen LogP contribution is 2.27. The van der Waals surface area contributed by atoms with Crippen LogP contribution in [0.15, 0.2) is 17.6 Å². The molecule has 0 aromatic carbocycles. The van der Waals surface area contributed by atoms with E-state index < -0.39 is 0 Å². The molecule has 0 amide bonds. The van der Waals surface area contributed by atoms with Gasteiger partial charge in [0.25, 0.3) is 0 Å². The predicted molar refractivity (Wildman–Crippen MR) is 56.1 cm³/mol. The molecule has 0 saturated carbocycles. The number of allylic oxidation sites excluding steroid dienone is 1. The summed E-state index contributed by atoms with van der Waals surface area (Å²) in [5.41, 5.74) is -0.0220. The van der Waals surface area contributed by atoms with Gasteiger partial charge in [0.1, 0.15) is 5.60 Å². The minimum absolute atomic E-state index is 0.0826. The maximum Gasteiger partial charge on any atom is 0.184 e. The van der Waals surface area contributed by atoms with Crippen LogP contribution in [0, 0.1) is 5.41 Å². The van der Waals surface area contributed by atoms with E-state index in [1.54, 1.807) is 0 Å². The first-order chi connectivity index (χ1) is 5.85. The average molecular weight is 181 g/mol. The molecular formula is C11H19NO. The van der Waals surface area contributed by atoms with Crippen LogP contribution in [0.4, 0.5) is 0 Å². The summed E-state index contributed by atoms with van der Waals surface area (Å²) >= 11 is 0. The van der Waals surface area contributed by atoms with Gasteiger partial charge in [0.2, 0.25) is 0 Å². The molecule has 1 heterocycles. The molecule has 1 aliphatic heterocycles. The summed E-state index contributed by atoms with van der Waals surface area (Å²) in [4.78, 5) is 4.37. The normalized spacial score (nSPS) is 20.8. The lowest BCUT2D eigenvalue weighted by atomic mass is 9.90. The van der Waals surface area contributed by atoms with Gasteiger partial charge in [0.15, 0.2) is 5.90 Å². The van der Waals surface area contributed by atoms with Crippen molar-refractivity contribution in [3.63, 3.8) is 0 Å². The van der Waals surface area contributed by atoms with E-state index in [4.69, 9.17) is 4.74 Å². The summed E-state index contributed by atoms with van der Waals surface area (Å²) in [6, 6.07) is 0. The van der Waals surface area contributed by atoms with Gasteiger partial charge in [-0.3, -0.25) is 4.99 Å². The first kappa shape index (κ1) is 10.3. The third-order valence-corrected chi connectivity index (χ3v) is 2.19. The van der Waals surface area contributed by atoms with Crippen molar-refractivity contribution in [2.24, 2.45) is 10.4 Å². The van der Waals surface area contributed by atoms with Crippen LogP contribution in [0.25, 0.3) is 0 Å². The summed E-state index contributed by atoms with van der Waals surface area (Å²) in [7, 11) is 0. The molecule has 0 aliphatic carbocycles.